The summed E-state index contributed by atoms with van der Waals surface area (Å²) in [6, 6.07) is 5.61. The molecule has 0 bridgehead atoms. The molecule has 1 atom stereocenters. The van der Waals surface area contributed by atoms with Gasteiger partial charge >= 0.3 is 5.97 Å². The number of benzene rings is 1. The van der Waals surface area contributed by atoms with Crippen molar-refractivity contribution in [2.75, 3.05) is 17.6 Å². The molecule has 3 N–H and O–H groups in total. The molecule has 0 spiro atoms. The molecule has 0 saturated carbocycles. The predicted octanol–water partition coefficient (Wildman–Crippen LogP) is 0.0368. The van der Waals surface area contributed by atoms with E-state index in [9.17, 15) is 13.2 Å². The van der Waals surface area contributed by atoms with Gasteiger partial charge in [-0.05, 0) is 24.1 Å². The Hall–Kier alpha value is -1.60. The van der Waals surface area contributed by atoms with E-state index in [1.807, 2.05) is 0 Å². The first-order valence-electron chi connectivity index (χ1n) is 5.23. The average molecular weight is 272 g/mol. The fourth-order valence-electron chi connectivity index (χ4n) is 1.37. The van der Waals surface area contributed by atoms with Gasteiger partial charge in [0.15, 0.2) is 0 Å². The molecule has 0 aliphatic rings. The van der Waals surface area contributed by atoms with Crippen LogP contribution in [0.5, 0.6) is 0 Å². The van der Waals surface area contributed by atoms with E-state index in [1.165, 1.54) is 7.05 Å². The van der Waals surface area contributed by atoms with Crippen molar-refractivity contribution in [1.29, 1.82) is 0 Å². The summed E-state index contributed by atoms with van der Waals surface area (Å²) in [5, 5.41) is 8.68. The smallest absolute Gasteiger partial charge is 0.320 e. The van der Waals surface area contributed by atoms with Crippen molar-refractivity contribution in [3.8, 4) is 0 Å². The van der Waals surface area contributed by atoms with Crippen LogP contribution < -0.4 is 10.0 Å². The zero-order valence-corrected chi connectivity index (χ0v) is 11.0. The van der Waals surface area contributed by atoms with E-state index in [1.54, 1.807) is 24.3 Å². The third-order valence-corrected chi connectivity index (χ3v) is 3.78. The maximum absolute atomic E-state index is 11.3. The van der Waals surface area contributed by atoms with Crippen molar-refractivity contribution in [2.45, 2.75) is 12.5 Å². The highest BCUT2D eigenvalue weighted by atomic mass is 32.2. The second kappa shape index (κ2) is 5.36. The summed E-state index contributed by atoms with van der Waals surface area (Å²) in [6.45, 7) is 0. The Kier molecular flexibility index (Phi) is 4.31. The standard InChI is InChI=1S/C11H16N2O4S/c1-13(18(2,16)17)9-5-3-8(4-6-9)7-10(12)11(14)15/h3-6,10H,7,12H2,1-2H3,(H,14,15). The third-order valence-electron chi connectivity index (χ3n) is 2.57. The van der Waals surface area contributed by atoms with Gasteiger partial charge in [0.2, 0.25) is 10.0 Å². The van der Waals surface area contributed by atoms with Gasteiger partial charge in [-0.2, -0.15) is 0 Å². The van der Waals surface area contributed by atoms with Gasteiger partial charge < -0.3 is 10.8 Å². The first-order chi connectivity index (χ1) is 8.21. The van der Waals surface area contributed by atoms with Gasteiger partial charge in [0, 0.05) is 7.05 Å². The Morgan fingerprint density at radius 1 is 1.39 bits per heavy atom. The van der Waals surface area contributed by atoms with Crippen LogP contribution >= 0.6 is 0 Å². The van der Waals surface area contributed by atoms with E-state index in [-0.39, 0.29) is 6.42 Å². The largest absolute Gasteiger partial charge is 0.480 e. The summed E-state index contributed by atoms with van der Waals surface area (Å²) in [5.41, 5.74) is 6.67. The molecule has 0 heterocycles. The molecule has 1 aromatic rings. The lowest BCUT2D eigenvalue weighted by Gasteiger charge is -2.17. The van der Waals surface area contributed by atoms with Crippen molar-refractivity contribution in [3.63, 3.8) is 0 Å². The summed E-state index contributed by atoms with van der Waals surface area (Å²) < 4.78 is 23.8. The first kappa shape index (κ1) is 14.5. The van der Waals surface area contributed by atoms with E-state index in [2.05, 4.69) is 0 Å². The lowest BCUT2D eigenvalue weighted by molar-refractivity contribution is -0.138. The van der Waals surface area contributed by atoms with Crippen LogP contribution in [-0.2, 0) is 21.2 Å². The van der Waals surface area contributed by atoms with Gasteiger partial charge in [-0.3, -0.25) is 9.10 Å². The minimum Gasteiger partial charge on any atom is -0.480 e. The second-order valence-corrected chi connectivity index (χ2v) is 6.06. The average Bonchev–Trinajstić information content (AvgIpc) is 2.27. The molecule has 0 saturated heterocycles. The van der Waals surface area contributed by atoms with Crippen molar-refractivity contribution in [1.82, 2.24) is 0 Å². The maximum Gasteiger partial charge on any atom is 0.320 e. The minimum absolute atomic E-state index is 0.207. The lowest BCUT2D eigenvalue weighted by atomic mass is 10.1. The molecule has 0 aliphatic carbocycles. The van der Waals surface area contributed by atoms with Crippen LogP contribution in [0, 0.1) is 0 Å². The number of hydrogen-bond acceptors (Lipinski definition) is 4. The molecular formula is C11H16N2O4S. The topological polar surface area (TPSA) is 101 Å². The van der Waals surface area contributed by atoms with Crippen LogP contribution in [0.15, 0.2) is 24.3 Å². The molecule has 0 radical (unpaired) electrons. The Balaban J connectivity index is 2.84. The van der Waals surface area contributed by atoms with Gasteiger partial charge in [-0.25, -0.2) is 8.42 Å². The number of carbonyl (C=O) groups is 1. The maximum atomic E-state index is 11.3. The summed E-state index contributed by atoms with van der Waals surface area (Å²) in [4.78, 5) is 10.6. The van der Waals surface area contributed by atoms with Crippen LogP contribution in [0.4, 0.5) is 5.69 Å². The zero-order chi connectivity index (χ0) is 13.9. The van der Waals surface area contributed by atoms with E-state index in [4.69, 9.17) is 10.8 Å². The Labute approximate surface area is 106 Å². The Morgan fingerprint density at radius 2 is 1.89 bits per heavy atom. The molecule has 0 aliphatic heterocycles. The molecule has 0 aromatic heterocycles. The molecular weight excluding hydrogens is 256 g/mol. The number of rotatable bonds is 5. The van der Waals surface area contributed by atoms with E-state index < -0.39 is 22.0 Å². The number of aliphatic carboxylic acids is 1. The van der Waals surface area contributed by atoms with Crippen LogP contribution in [0.3, 0.4) is 0 Å². The van der Waals surface area contributed by atoms with Gasteiger partial charge in [0.05, 0.1) is 11.9 Å². The van der Waals surface area contributed by atoms with Gasteiger partial charge in [-0.1, -0.05) is 12.1 Å². The van der Waals surface area contributed by atoms with Gasteiger partial charge in [-0.15, -0.1) is 0 Å². The molecule has 0 amide bonds. The number of nitrogens with zero attached hydrogens (tertiary/aromatic N) is 1. The number of hydrogen-bond donors (Lipinski definition) is 2. The highest BCUT2D eigenvalue weighted by molar-refractivity contribution is 7.92. The van der Waals surface area contributed by atoms with Crippen LogP contribution in [0.1, 0.15) is 5.56 Å². The van der Waals surface area contributed by atoms with E-state index >= 15 is 0 Å². The minimum atomic E-state index is -3.29. The molecule has 6 nitrogen and oxygen atoms in total. The van der Waals surface area contributed by atoms with Crippen molar-refractivity contribution in [2.24, 2.45) is 5.73 Å². The van der Waals surface area contributed by atoms with Gasteiger partial charge in [0.25, 0.3) is 0 Å². The number of sulfonamides is 1. The predicted molar refractivity (Wildman–Crippen MR) is 69.0 cm³/mol. The van der Waals surface area contributed by atoms with E-state index in [0.717, 1.165) is 16.1 Å². The number of carboxylic acid groups (broad SMARTS) is 1. The fourth-order valence-corrected chi connectivity index (χ4v) is 1.88. The molecule has 18 heavy (non-hydrogen) atoms. The Bertz CT molecular complexity index is 524. The molecule has 1 rings (SSSR count). The third kappa shape index (κ3) is 3.71. The van der Waals surface area contributed by atoms with E-state index in [0.29, 0.717) is 5.69 Å². The SMILES string of the molecule is CN(c1ccc(CC(N)C(=O)O)cc1)S(C)(=O)=O. The number of nitrogens with two attached hydrogens (primary N) is 1. The van der Waals surface area contributed by atoms with Crippen molar-refractivity contribution < 1.29 is 18.3 Å². The monoisotopic (exact) mass is 272 g/mol. The molecule has 7 heteroatoms. The molecule has 100 valence electrons. The fraction of sp³-hybridized carbons (Fsp3) is 0.364. The summed E-state index contributed by atoms with van der Waals surface area (Å²) in [6.07, 6.45) is 1.32. The van der Waals surface area contributed by atoms with Gasteiger partial charge in [0.1, 0.15) is 6.04 Å². The summed E-state index contributed by atoms with van der Waals surface area (Å²) in [7, 11) is -1.84. The second-order valence-electron chi connectivity index (χ2n) is 4.05. The summed E-state index contributed by atoms with van der Waals surface area (Å²) in [5.74, 6) is -1.06. The highest BCUT2D eigenvalue weighted by Crippen LogP contribution is 2.16. The first-order valence-corrected chi connectivity index (χ1v) is 7.08. The van der Waals surface area contributed by atoms with Crippen LogP contribution in [-0.4, -0.2) is 38.8 Å². The normalized spacial score (nSPS) is 13.1. The van der Waals surface area contributed by atoms with Crippen molar-refractivity contribution in [3.05, 3.63) is 29.8 Å². The quantitative estimate of drug-likeness (QED) is 0.788. The number of anilines is 1. The zero-order valence-electron chi connectivity index (χ0n) is 10.2. The highest BCUT2D eigenvalue weighted by Gasteiger charge is 2.14. The molecule has 0 fully saturated rings. The Morgan fingerprint density at radius 3 is 2.28 bits per heavy atom. The molecule has 1 unspecified atom stereocenters. The van der Waals surface area contributed by atoms with Crippen LogP contribution in [0.2, 0.25) is 0 Å². The van der Waals surface area contributed by atoms with Crippen molar-refractivity contribution >= 4 is 21.7 Å². The van der Waals surface area contributed by atoms with Crippen LogP contribution in [0.25, 0.3) is 0 Å². The molecule has 1 aromatic carbocycles. The lowest BCUT2D eigenvalue weighted by Crippen LogP contribution is -2.32. The summed E-state index contributed by atoms with van der Waals surface area (Å²) >= 11 is 0. The number of carboxylic acids is 1.